The van der Waals surface area contributed by atoms with Gasteiger partial charge in [-0.1, -0.05) is 111 Å². The van der Waals surface area contributed by atoms with E-state index >= 15 is 0 Å². The molecule has 0 bridgehead atoms. The number of nitrogens with zero attached hydrogens (tertiary/aromatic N) is 3. The Labute approximate surface area is 297 Å². The number of fused-ring (bicyclic) bond motifs is 4. The van der Waals surface area contributed by atoms with Crippen LogP contribution in [-0.4, -0.2) is 6.71 Å². The van der Waals surface area contributed by atoms with E-state index < -0.39 is 0 Å². The van der Waals surface area contributed by atoms with Crippen molar-refractivity contribution in [1.29, 1.82) is 0 Å². The fourth-order valence-electron chi connectivity index (χ4n) is 8.35. The van der Waals surface area contributed by atoms with Gasteiger partial charge in [-0.2, -0.15) is 0 Å². The summed E-state index contributed by atoms with van der Waals surface area (Å²) in [5, 5.41) is 0. The van der Waals surface area contributed by atoms with Crippen molar-refractivity contribution < 1.29 is 0 Å². The highest BCUT2D eigenvalue weighted by Crippen LogP contribution is 2.45. The average molecular weight is 648 g/mol. The standard InChI is InChI=1S/C46H42BN3/c1-32-22-25-41-39(30-32)47-38-24-23-37(48(34-15-7-5-8-16-34)35-17-9-6-10-18-35)31-44(38)50(40-19-12-11-14-33(40)2)43-21-13-20-42(45(43)47)49(41)36-26-28-46(3,4)29-27-36/h5-13,15-28,30-31,33H,14,29H2,1-4H3. The Morgan fingerprint density at radius 2 is 1.42 bits per heavy atom. The van der Waals surface area contributed by atoms with E-state index in [1.54, 1.807) is 0 Å². The summed E-state index contributed by atoms with van der Waals surface area (Å²) in [4.78, 5) is 7.50. The summed E-state index contributed by atoms with van der Waals surface area (Å²) in [5.74, 6) is 0.378. The molecule has 0 saturated heterocycles. The Bertz CT molecular complexity index is 2210. The molecule has 5 aromatic carbocycles. The highest BCUT2D eigenvalue weighted by molar-refractivity contribution is 7.00. The van der Waals surface area contributed by atoms with Crippen LogP contribution in [0.3, 0.4) is 0 Å². The summed E-state index contributed by atoms with van der Waals surface area (Å²) < 4.78 is 0. The summed E-state index contributed by atoms with van der Waals surface area (Å²) in [7, 11) is 0. The van der Waals surface area contributed by atoms with Crippen LogP contribution in [0.25, 0.3) is 0 Å². The van der Waals surface area contributed by atoms with Gasteiger partial charge in [0.2, 0.25) is 0 Å². The molecule has 2 aliphatic heterocycles. The van der Waals surface area contributed by atoms with Crippen LogP contribution in [0.1, 0.15) is 39.2 Å². The largest absolute Gasteiger partial charge is 0.315 e. The summed E-state index contributed by atoms with van der Waals surface area (Å²) in [6.07, 6.45) is 16.1. The molecule has 2 heterocycles. The van der Waals surface area contributed by atoms with Crippen LogP contribution in [-0.2, 0) is 0 Å². The van der Waals surface area contributed by atoms with Crippen molar-refractivity contribution in [3.63, 3.8) is 0 Å². The minimum absolute atomic E-state index is 0.106. The minimum Gasteiger partial charge on any atom is -0.315 e. The second-order valence-electron chi connectivity index (χ2n) is 14.9. The lowest BCUT2D eigenvalue weighted by Gasteiger charge is -2.46. The number of allylic oxidation sites excluding steroid dienone is 7. The van der Waals surface area contributed by atoms with Crippen molar-refractivity contribution in [3.05, 3.63) is 169 Å². The van der Waals surface area contributed by atoms with Crippen LogP contribution >= 0.6 is 0 Å². The zero-order chi connectivity index (χ0) is 34.0. The molecule has 0 spiro atoms. The SMILES string of the molecule is Cc1ccc2c(c1)B1c3ccc(N(c4ccccc4)c4ccccc4)cc3N(C3=CC=CCC3C)c3cccc(c31)N2C1=CCC(C)(C)C=C1. The molecule has 1 atom stereocenters. The second-order valence-corrected chi connectivity index (χ2v) is 14.9. The summed E-state index contributed by atoms with van der Waals surface area (Å²) in [5.41, 5.74) is 16.6. The lowest BCUT2D eigenvalue weighted by atomic mass is 9.33. The zero-order valence-electron chi connectivity index (χ0n) is 29.3. The average Bonchev–Trinajstić information content (AvgIpc) is 3.13. The third kappa shape index (κ3) is 4.97. The molecule has 1 unspecified atom stereocenters. The number of para-hydroxylation sites is 2. The molecule has 0 aromatic heterocycles. The molecule has 9 rings (SSSR count). The lowest BCUT2D eigenvalue weighted by molar-refractivity contribution is 0.481. The van der Waals surface area contributed by atoms with Gasteiger partial charge in [0, 0.05) is 57.1 Å². The van der Waals surface area contributed by atoms with Crippen LogP contribution in [0.5, 0.6) is 0 Å². The van der Waals surface area contributed by atoms with Gasteiger partial charge in [-0.3, -0.25) is 0 Å². The number of aryl methyl sites for hydroxylation is 1. The monoisotopic (exact) mass is 647 g/mol. The minimum atomic E-state index is 0.106. The normalized spacial score (nSPS) is 18.2. The van der Waals surface area contributed by atoms with Crippen molar-refractivity contribution in [1.82, 2.24) is 0 Å². The van der Waals surface area contributed by atoms with Crippen LogP contribution in [0.15, 0.2) is 163 Å². The Hall–Kier alpha value is -5.48. The first kappa shape index (κ1) is 30.6. The molecular formula is C46H42BN3. The summed E-state index contributed by atoms with van der Waals surface area (Å²) in [6.45, 7) is 9.33. The molecule has 0 radical (unpaired) electrons. The maximum absolute atomic E-state index is 2.59. The maximum Gasteiger partial charge on any atom is 0.252 e. The van der Waals surface area contributed by atoms with Crippen molar-refractivity contribution in [2.45, 2.75) is 40.5 Å². The Morgan fingerprint density at radius 1 is 0.700 bits per heavy atom. The van der Waals surface area contributed by atoms with E-state index in [1.807, 2.05) is 0 Å². The van der Waals surface area contributed by atoms with Gasteiger partial charge in [-0.25, -0.2) is 0 Å². The molecule has 0 fully saturated rings. The predicted molar refractivity (Wildman–Crippen MR) is 214 cm³/mol. The zero-order valence-corrected chi connectivity index (χ0v) is 29.3. The van der Waals surface area contributed by atoms with Crippen molar-refractivity contribution in [3.8, 4) is 0 Å². The van der Waals surface area contributed by atoms with Crippen LogP contribution in [0, 0.1) is 18.3 Å². The topological polar surface area (TPSA) is 9.72 Å². The van der Waals surface area contributed by atoms with Gasteiger partial charge in [0.1, 0.15) is 0 Å². The summed E-state index contributed by atoms with van der Waals surface area (Å²) >= 11 is 0. The van der Waals surface area contributed by atoms with E-state index in [2.05, 4.69) is 194 Å². The third-order valence-electron chi connectivity index (χ3n) is 10.9. The van der Waals surface area contributed by atoms with Gasteiger partial charge < -0.3 is 14.7 Å². The van der Waals surface area contributed by atoms with Crippen LogP contribution in [0.4, 0.5) is 39.8 Å². The highest BCUT2D eigenvalue weighted by Gasteiger charge is 2.44. The molecule has 3 nitrogen and oxygen atoms in total. The van der Waals surface area contributed by atoms with Gasteiger partial charge >= 0.3 is 0 Å². The molecule has 4 aliphatic rings. The molecule has 50 heavy (non-hydrogen) atoms. The molecule has 5 aromatic rings. The second kappa shape index (κ2) is 11.8. The van der Waals surface area contributed by atoms with Crippen LogP contribution in [0.2, 0.25) is 0 Å². The van der Waals surface area contributed by atoms with E-state index in [9.17, 15) is 0 Å². The fourth-order valence-corrected chi connectivity index (χ4v) is 8.35. The molecule has 0 saturated carbocycles. The van der Waals surface area contributed by atoms with Gasteiger partial charge in [0.15, 0.2) is 0 Å². The first-order valence-electron chi connectivity index (χ1n) is 18.0. The van der Waals surface area contributed by atoms with Gasteiger partial charge in [-0.05, 0) is 108 Å². The number of benzene rings is 5. The third-order valence-corrected chi connectivity index (χ3v) is 10.9. The maximum atomic E-state index is 2.59. The van der Waals surface area contributed by atoms with E-state index in [0.29, 0.717) is 5.92 Å². The smallest absolute Gasteiger partial charge is 0.252 e. The summed E-state index contributed by atoms with van der Waals surface area (Å²) in [6, 6.07) is 42.7. The Balaban J connectivity index is 1.31. The number of rotatable bonds is 5. The highest BCUT2D eigenvalue weighted by atomic mass is 15.2. The lowest BCUT2D eigenvalue weighted by Crippen LogP contribution is -2.62. The van der Waals surface area contributed by atoms with Gasteiger partial charge in [0.25, 0.3) is 6.71 Å². The van der Waals surface area contributed by atoms with Crippen LogP contribution < -0.4 is 31.1 Å². The number of hydrogen-bond donors (Lipinski definition) is 0. The van der Waals surface area contributed by atoms with E-state index in [-0.39, 0.29) is 12.1 Å². The molecule has 2 aliphatic carbocycles. The molecule has 4 heteroatoms. The molecule has 244 valence electrons. The van der Waals surface area contributed by atoms with E-state index in [0.717, 1.165) is 29.9 Å². The van der Waals surface area contributed by atoms with E-state index in [1.165, 1.54) is 56.1 Å². The van der Waals surface area contributed by atoms with Crippen molar-refractivity contribution in [2.24, 2.45) is 11.3 Å². The predicted octanol–water partition coefficient (Wildman–Crippen LogP) is 10.2. The van der Waals surface area contributed by atoms with Crippen molar-refractivity contribution >= 4 is 62.9 Å². The van der Waals surface area contributed by atoms with Gasteiger partial charge in [0.05, 0.1) is 0 Å². The van der Waals surface area contributed by atoms with E-state index in [4.69, 9.17) is 0 Å². The fraction of sp³-hybridized carbons (Fsp3) is 0.174. The van der Waals surface area contributed by atoms with Gasteiger partial charge in [-0.15, -0.1) is 0 Å². The van der Waals surface area contributed by atoms with Crippen molar-refractivity contribution in [2.75, 3.05) is 14.7 Å². The Morgan fingerprint density at radius 3 is 2.10 bits per heavy atom. The number of hydrogen-bond acceptors (Lipinski definition) is 3. The quantitative estimate of drug-likeness (QED) is 0.176. The first-order valence-corrected chi connectivity index (χ1v) is 18.0. The first-order chi connectivity index (χ1) is 24.4. The molecular weight excluding hydrogens is 605 g/mol. The number of anilines is 7. The molecule has 0 amide bonds. The Kier molecular flexibility index (Phi) is 7.24. The molecule has 0 N–H and O–H groups in total.